The van der Waals surface area contributed by atoms with Gasteiger partial charge in [-0.1, -0.05) is 45.4 Å². The van der Waals surface area contributed by atoms with Crippen LogP contribution in [0.4, 0.5) is 0 Å². The van der Waals surface area contributed by atoms with E-state index in [1.165, 1.54) is 44.9 Å². The fourth-order valence-corrected chi connectivity index (χ4v) is 2.88. The monoisotopic (exact) mass is 268 g/mol. The predicted molar refractivity (Wildman–Crippen MR) is 80.4 cm³/mol. The van der Waals surface area contributed by atoms with Crippen LogP contribution in [0.5, 0.6) is 0 Å². The van der Waals surface area contributed by atoms with Gasteiger partial charge in [-0.15, -0.1) is 0 Å². The van der Waals surface area contributed by atoms with E-state index >= 15 is 0 Å². The highest BCUT2D eigenvalue weighted by Gasteiger charge is 2.21. The topological polar surface area (TPSA) is 26.3 Å². The van der Waals surface area contributed by atoms with E-state index in [9.17, 15) is 4.79 Å². The lowest BCUT2D eigenvalue weighted by Gasteiger charge is -2.20. The van der Waals surface area contributed by atoms with Crippen LogP contribution in [0.3, 0.4) is 0 Å². The number of ether oxygens (including phenoxy) is 1. The standard InChI is InChI=1S/C17H32O2/c1-2-3-4-5-6-9-14-19-15-10-12-16-11-7-8-13-17(16)18/h16H,2-15H2,1H3. The first kappa shape index (κ1) is 16.7. The second-order valence-corrected chi connectivity index (χ2v) is 5.93. The first-order chi connectivity index (χ1) is 9.34. The lowest BCUT2D eigenvalue weighted by molar-refractivity contribution is -0.124. The van der Waals surface area contributed by atoms with E-state index < -0.39 is 0 Å². The number of rotatable bonds is 11. The first-order valence-electron chi connectivity index (χ1n) is 8.45. The number of hydrogen-bond acceptors (Lipinski definition) is 2. The second-order valence-electron chi connectivity index (χ2n) is 5.93. The average molecular weight is 268 g/mol. The highest BCUT2D eigenvalue weighted by atomic mass is 16.5. The number of ketones is 1. The third kappa shape index (κ3) is 8.41. The molecule has 0 spiro atoms. The Morgan fingerprint density at radius 2 is 1.74 bits per heavy atom. The lowest BCUT2D eigenvalue weighted by Crippen LogP contribution is -2.19. The van der Waals surface area contributed by atoms with Crippen LogP contribution in [0.25, 0.3) is 0 Å². The Morgan fingerprint density at radius 1 is 1.00 bits per heavy atom. The molecule has 0 N–H and O–H groups in total. The van der Waals surface area contributed by atoms with Crippen LogP contribution in [0, 0.1) is 5.92 Å². The zero-order chi connectivity index (χ0) is 13.8. The minimum Gasteiger partial charge on any atom is -0.381 e. The van der Waals surface area contributed by atoms with Crippen LogP contribution in [0.2, 0.25) is 0 Å². The molecule has 0 aliphatic heterocycles. The van der Waals surface area contributed by atoms with E-state index in [1.54, 1.807) is 0 Å². The Kier molecular flexibility index (Phi) is 10.1. The lowest BCUT2D eigenvalue weighted by atomic mass is 9.85. The first-order valence-corrected chi connectivity index (χ1v) is 8.45. The number of hydrogen-bond donors (Lipinski definition) is 0. The van der Waals surface area contributed by atoms with Crippen molar-refractivity contribution < 1.29 is 9.53 Å². The van der Waals surface area contributed by atoms with Crippen molar-refractivity contribution in [3.63, 3.8) is 0 Å². The normalized spacial score (nSPS) is 19.8. The van der Waals surface area contributed by atoms with Gasteiger partial charge in [0.2, 0.25) is 0 Å². The van der Waals surface area contributed by atoms with E-state index in [4.69, 9.17) is 4.74 Å². The molecule has 0 amide bonds. The summed E-state index contributed by atoms with van der Waals surface area (Å²) in [6, 6.07) is 0. The van der Waals surface area contributed by atoms with Crippen LogP contribution >= 0.6 is 0 Å². The van der Waals surface area contributed by atoms with Crippen molar-refractivity contribution in [2.24, 2.45) is 5.92 Å². The molecule has 0 aromatic heterocycles. The van der Waals surface area contributed by atoms with Crippen LogP contribution in [0.1, 0.15) is 84.0 Å². The molecule has 1 fully saturated rings. The number of carbonyl (C=O) groups is 1. The molecule has 19 heavy (non-hydrogen) atoms. The zero-order valence-corrected chi connectivity index (χ0v) is 12.8. The highest BCUT2D eigenvalue weighted by Crippen LogP contribution is 2.24. The summed E-state index contributed by atoms with van der Waals surface area (Å²) in [5, 5.41) is 0. The van der Waals surface area contributed by atoms with Gasteiger partial charge in [0.25, 0.3) is 0 Å². The summed E-state index contributed by atoms with van der Waals surface area (Å²) in [6.07, 6.45) is 14.3. The van der Waals surface area contributed by atoms with Crippen LogP contribution in [0.15, 0.2) is 0 Å². The fraction of sp³-hybridized carbons (Fsp3) is 0.941. The molecule has 1 aliphatic rings. The average Bonchev–Trinajstić information content (AvgIpc) is 2.43. The van der Waals surface area contributed by atoms with E-state index in [2.05, 4.69) is 6.92 Å². The molecule has 0 saturated heterocycles. The Hall–Kier alpha value is -0.370. The molecule has 1 unspecified atom stereocenters. The molecule has 2 heteroatoms. The SMILES string of the molecule is CCCCCCCCOCCCC1CCCCC1=O. The van der Waals surface area contributed by atoms with E-state index in [0.29, 0.717) is 11.7 Å². The van der Waals surface area contributed by atoms with Crippen molar-refractivity contribution in [2.75, 3.05) is 13.2 Å². The Morgan fingerprint density at radius 3 is 2.53 bits per heavy atom. The third-order valence-corrected chi connectivity index (χ3v) is 4.16. The molecule has 0 aromatic carbocycles. The van der Waals surface area contributed by atoms with Gasteiger partial charge in [0.15, 0.2) is 0 Å². The molecule has 1 saturated carbocycles. The molecular formula is C17H32O2. The molecule has 0 bridgehead atoms. The van der Waals surface area contributed by atoms with E-state index in [0.717, 1.165) is 45.3 Å². The minimum atomic E-state index is 0.353. The van der Waals surface area contributed by atoms with Crippen molar-refractivity contribution in [2.45, 2.75) is 84.0 Å². The molecule has 0 aromatic rings. The number of unbranched alkanes of at least 4 members (excludes halogenated alkanes) is 5. The number of carbonyl (C=O) groups excluding carboxylic acids is 1. The number of Topliss-reactive ketones (excluding diaryl/α,β-unsaturated/α-hetero) is 1. The molecule has 0 heterocycles. The van der Waals surface area contributed by atoms with E-state index in [-0.39, 0.29) is 0 Å². The van der Waals surface area contributed by atoms with Crippen molar-refractivity contribution in [3.8, 4) is 0 Å². The maximum absolute atomic E-state index is 11.6. The van der Waals surface area contributed by atoms with Crippen molar-refractivity contribution in [1.29, 1.82) is 0 Å². The van der Waals surface area contributed by atoms with Crippen molar-refractivity contribution >= 4 is 5.78 Å². The largest absolute Gasteiger partial charge is 0.381 e. The van der Waals surface area contributed by atoms with Gasteiger partial charge in [-0.2, -0.15) is 0 Å². The van der Waals surface area contributed by atoms with Gasteiger partial charge in [0.1, 0.15) is 5.78 Å². The highest BCUT2D eigenvalue weighted by molar-refractivity contribution is 5.81. The Balaban J connectivity index is 1.82. The van der Waals surface area contributed by atoms with Gasteiger partial charge in [0.05, 0.1) is 0 Å². The van der Waals surface area contributed by atoms with Gasteiger partial charge in [-0.05, 0) is 32.1 Å². The van der Waals surface area contributed by atoms with Gasteiger partial charge in [-0.25, -0.2) is 0 Å². The summed E-state index contributed by atoms with van der Waals surface area (Å²) < 4.78 is 5.66. The van der Waals surface area contributed by atoms with Crippen LogP contribution in [-0.4, -0.2) is 19.0 Å². The van der Waals surface area contributed by atoms with Gasteiger partial charge in [0, 0.05) is 25.6 Å². The third-order valence-electron chi connectivity index (χ3n) is 4.16. The van der Waals surface area contributed by atoms with Crippen LogP contribution < -0.4 is 0 Å². The fourth-order valence-electron chi connectivity index (χ4n) is 2.88. The van der Waals surface area contributed by atoms with Gasteiger partial charge in [-0.3, -0.25) is 4.79 Å². The predicted octanol–water partition coefficient (Wildman–Crippen LogP) is 4.90. The van der Waals surface area contributed by atoms with E-state index in [1.807, 2.05) is 0 Å². The second kappa shape index (κ2) is 11.5. The summed E-state index contributed by atoms with van der Waals surface area (Å²) in [5.41, 5.74) is 0. The van der Waals surface area contributed by atoms with Gasteiger partial charge >= 0.3 is 0 Å². The smallest absolute Gasteiger partial charge is 0.135 e. The Bertz CT molecular complexity index is 225. The quantitative estimate of drug-likeness (QED) is 0.498. The maximum atomic E-state index is 11.6. The maximum Gasteiger partial charge on any atom is 0.135 e. The zero-order valence-electron chi connectivity index (χ0n) is 12.8. The van der Waals surface area contributed by atoms with Gasteiger partial charge < -0.3 is 4.74 Å². The summed E-state index contributed by atoms with van der Waals surface area (Å²) in [4.78, 5) is 11.6. The molecule has 1 aliphatic carbocycles. The minimum absolute atomic E-state index is 0.353. The summed E-state index contributed by atoms with van der Waals surface area (Å²) in [5.74, 6) is 0.855. The van der Waals surface area contributed by atoms with Crippen LogP contribution in [-0.2, 0) is 9.53 Å². The molecule has 1 rings (SSSR count). The molecule has 0 radical (unpaired) electrons. The molecule has 1 atom stereocenters. The molecule has 2 nitrogen and oxygen atoms in total. The summed E-state index contributed by atoms with van der Waals surface area (Å²) in [6.45, 7) is 4.00. The summed E-state index contributed by atoms with van der Waals surface area (Å²) >= 11 is 0. The van der Waals surface area contributed by atoms with Crippen molar-refractivity contribution in [1.82, 2.24) is 0 Å². The van der Waals surface area contributed by atoms with Crippen molar-refractivity contribution in [3.05, 3.63) is 0 Å². The molecular weight excluding hydrogens is 236 g/mol. The molecule has 112 valence electrons. The summed E-state index contributed by atoms with van der Waals surface area (Å²) in [7, 11) is 0. The Labute approximate surface area is 119 Å².